The molecule has 1 aliphatic heterocycles. The van der Waals surface area contributed by atoms with E-state index in [1.165, 1.54) is 64.2 Å². The summed E-state index contributed by atoms with van der Waals surface area (Å²) in [4.78, 5) is 25.3. The fraction of sp³-hybridized carbons (Fsp3) is 0.814. The second kappa shape index (κ2) is 33.8. The Hall–Kier alpha value is -2.13. The Bertz CT molecular complexity index is 1190. The molecule has 4 N–H and O–H groups in total. The van der Waals surface area contributed by atoms with E-state index in [4.69, 9.17) is 18.9 Å². The van der Waals surface area contributed by atoms with E-state index >= 15 is 0 Å². The van der Waals surface area contributed by atoms with Crippen molar-refractivity contribution in [2.24, 2.45) is 0 Å². The van der Waals surface area contributed by atoms with Crippen LogP contribution in [0, 0.1) is 0 Å². The fourth-order valence-corrected chi connectivity index (χ4v) is 7.00. The Morgan fingerprint density at radius 2 is 1.07 bits per heavy atom. The number of hydrogen-bond donors (Lipinski definition) is 4. The van der Waals surface area contributed by atoms with Gasteiger partial charge in [0.15, 0.2) is 12.4 Å². The minimum absolute atomic E-state index is 0.144. The van der Waals surface area contributed by atoms with Gasteiger partial charge in [-0.2, -0.15) is 8.42 Å². The van der Waals surface area contributed by atoms with E-state index in [1.54, 1.807) is 0 Å². The fourth-order valence-electron chi connectivity index (χ4n) is 6.31. The molecule has 0 amide bonds. The van der Waals surface area contributed by atoms with Gasteiger partial charge in [0.1, 0.15) is 36.8 Å². The van der Waals surface area contributed by atoms with E-state index in [-0.39, 0.29) is 19.4 Å². The zero-order valence-electron chi connectivity index (χ0n) is 34.5. The number of esters is 2. The van der Waals surface area contributed by atoms with Crippen molar-refractivity contribution >= 4 is 22.1 Å². The summed E-state index contributed by atoms with van der Waals surface area (Å²) >= 11 is 0. The topological polar surface area (TPSA) is 186 Å². The van der Waals surface area contributed by atoms with Crippen LogP contribution in [0.15, 0.2) is 36.5 Å². The normalized spacial score (nSPS) is 21.0. The molecule has 0 spiro atoms. The van der Waals surface area contributed by atoms with Crippen LogP contribution in [0.4, 0.5) is 0 Å². The van der Waals surface area contributed by atoms with E-state index in [2.05, 4.69) is 50.3 Å². The summed E-state index contributed by atoms with van der Waals surface area (Å²) in [6.45, 7) is 3.69. The smallest absolute Gasteiger partial charge is 0.306 e. The number of carbonyl (C=O) groups is 2. The molecule has 12 nitrogen and oxygen atoms in total. The van der Waals surface area contributed by atoms with Crippen LogP contribution in [-0.4, -0.2) is 96.0 Å². The van der Waals surface area contributed by atoms with E-state index in [9.17, 15) is 37.9 Å². The van der Waals surface area contributed by atoms with E-state index in [0.29, 0.717) is 12.8 Å². The molecular weight excluding hydrogens is 741 g/mol. The Kier molecular flexibility index (Phi) is 31.3. The molecule has 1 rings (SSSR count). The summed E-state index contributed by atoms with van der Waals surface area (Å²) in [5.74, 6) is -2.02. The van der Waals surface area contributed by atoms with Crippen LogP contribution in [0.3, 0.4) is 0 Å². The maximum Gasteiger partial charge on any atom is 0.306 e. The van der Waals surface area contributed by atoms with Gasteiger partial charge in [0.25, 0.3) is 10.1 Å². The van der Waals surface area contributed by atoms with Crippen LogP contribution in [0.2, 0.25) is 0 Å². The maximum absolute atomic E-state index is 12.8. The lowest BCUT2D eigenvalue weighted by Gasteiger charge is -2.40. The van der Waals surface area contributed by atoms with Gasteiger partial charge >= 0.3 is 11.9 Å². The Balaban J connectivity index is 2.50. The number of unbranched alkanes of at least 4 members (excludes halogenated alkanes) is 18. The Morgan fingerprint density at radius 3 is 1.62 bits per heavy atom. The van der Waals surface area contributed by atoms with Gasteiger partial charge in [-0.3, -0.25) is 14.1 Å². The molecule has 2 unspecified atom stereocenters. The first-order chi connectivity index (χ1) is 27.0. The molecule has 1 fully saturated rings. The molecule has 0 aromatic carbocycles. The molecule has 1 saturated heterocycles. The van der Waals surface area contributed by atoms with Crippen molar-refractivity contribution in [2.45, 2.75) is 205 Å². The SMILES string of the molecule is CCCCCC/C=C/C=C/CCCCCCCC(=O)O[C@H](COC(=O)CCCCC/C=C/CCCCCCCC)CO[C@H]1O[C@H](CS(=O)(=O)O)[C@@H](O)C(O)C1O. The lowest BCUT2D eigenvalue weighted by atomic mass is 10.00. The van der Waals surface area contributed by atoms with Gasteiger partial charge in [0, 0.05) is 12.8 Å². The first-order valence-electron chi connectivity index (χ1n) is 21.6. The van der Waals surface area contributed by atoms with Crippen molar-refractivity contribution in [1.82, 2.24) is 0 Å². The summed E-state index contributed by atoms with van der Waals surface area (Å²) in [6, 6.07) is 0. The highest BCUT2D eigenvalue weighted by atomic mass is 32.2. The second-order valence-corrected chi connectivity index (χ2v) is 16.5. The van der Waals surface area contributed by atoms with Gasteiger partial charge in [0.2, 0.25) is 0 Å². The number of aliphatic hydroxyl groups excluding tert-OH is 3. The highest BCUT2D eigenvalue weighted by Crippen LogP contribution is 2.24. The third-order valence-electron chi connectivity index (χ3n) is 9.72. The van der Waals surface area contributed by atoms with Crippen molar-refractivity contribution in [3.63, 3.8) is 0 Å². The minimum Gasteiger partial charge on any atom is -0.462 e. The average molecular weight is 817 g/mol. The standard InChI is InChI=1S/C43H76O12S/c1-3-5-7-9-11-13-15-17-18-20-22-24-26-28-30-32-39(45)54-36(34-53-43-42(48)41(47)40(46)37(55-43)35-56(49,50)51)33-52-38(44)31-29-27-25-23-21-19-16-14-12-10-8-6-4-2/h13,15,17-19,21,36-37,40-43,46-48H,3-12,14,16,20,22-35H2,1-2H3,(H,49,50,51)/b15-13+,18-17+,21-19+/t36-,37-,40-,41?,42?,43+/m1/s1. The number of aliphatic hydroxyl groups is 3. The number of hydrogen-bond acceptors (Lipinski definition) is 11. The molecular formula is C43H76O12S. The average Bonchev–Trinajstić information content (AvgIpc) is 3.16. The molecule has 1 aliphatic rings. The third-order valence-corrected chi connectivity index (χ3v) is 10.5. The van der Waals surface area contributed by atoms with Gasteiger partial charge in [-0.1, -0.05) is 127 Å². The molecule has 1 heterocycles. The van der Waals surface area contributed by atoms with E-state index < -0.39 is 71.2 Å². The number of allylic oxidation sites excluding steroid dienone is 6. The third kappa shape index (κ3) is 28.3. The lowest BCUT2D eigenvalue weighted by Crippen LogP contribution is -2.60. The molecule has 0 aromatic rings. The van der Waals surface area contributed by atoms with Gasteiger partial charge in [-0.25, -0.2) is 0 Å². The summed E-state index contributed by atoms with van der Waals surface area (Å²) in [5, 5.41) is 30.8. The first kappa shape index (κ1) is 51.9. The van der Waals surface area contributed by atoms with Gasteiger partial charge in [-0.05, 0) is 64.2 Å². The molecule has 0 aliphatic carbocycles. The molecule has 0 saturated carbocycles. The van der Waals surface area contributed by atoms with Crippen molar-refractivity contribution in [1.29, 1.82) is 0 Å². The van der Waals surface area contributed by atoms with Crippen LogP contribution in [-0.2, 0) is 38.7 Å². The largest absolute Gasteiger partial charge is 0.462 e. The molecule has 6 atom stereocenters. The number of ether oxygens (including phenoxy) is 4. The quantitative estimate of drug-likeness (QED) is 0.0158. The van der Waals surface area contributed by atoms with Crippen molar-refractivity contribution in [2.75, 3.05) is 19.0 Å². The van der Waals surface area contributed by atoms with Crippen molar-refractivity contribution in [3.8, 4) is 0 Å². The van der Waals surface area contributed by atoms with Gasteiger partial charge in [-0.15, -0.1) is 0 Å². The molecule has 326 valence electrons. The van der Waals surface area contributed by atoms with Gasteiger partial charge < -0.3 is 34.3 Å². The summed E-state index contributed by atoms with van der Waals surface area (Å²) < 4.78 is 53.9. The van der Waals surface area contributed by atoms with Crippen LogP contribution < -0.4 is 0 Å². The predicted octanol–water partition coefficient (Wildman–Crippen LogP) is 8.22. The molecule has 56 heavy (non-hydrogen) atoms. The summed E-state index contributed by atoms with van der Waals surface area (Å²) in [5.41, 5.74) is 0. The zero-order valence-corrected chi connectivity index (χ0v) is 35.3. The highest BCUT2D eigenvalue weighted by Gasteiger charge is 2.46. The first-order valence-corrected chi connectivity index (χ1v) is 23.2. The summed E-state index contributed by atoms with van der Waals surface area (Å²) in [6.07, 6.45) is 27.6. The number of rotatable bonds is 35. The molecule has 0 aromatic heterocycles. The van der Waals surface area contributed by atoms with E-state index in [1.807, 2.05) is 0 Å². The molecule has 0 radical (unpaired) electrons. The zero-order chi connectivity index (χ0) is 41.3. The van der Waals surface area contributed by atoms with Crippen LogP contribution in [0.5, 0.6) is 0 Å². The lowest BCUT2D eigenvalue weighted by molar-refractivity contribution is -0.297. The minimum atomic E-state index is -4.60. The van der Waals surface area contributed by atoms with Crippen LogP contribution in [0.1, 0.15) is 168 Å². The maximum atomic E-state index is 12.8. The Morgan fingerprint density at radius 1 is 0.607 bits per heavy atom. The summed E-state index contributed by atoms with van der Waals surface area (Å²) in [7, 11) is -4.60. The Labute approximate surface area is 338 Å². The van der Waals surface area contributed by atoms with Gasteiger partial charge in [0.05, 0.1) is 6.61 Å². The number of carbonyl (C=O) groups excluding carboxylic acids is 2. The van der Waals surface area contributed by atoms with Crippen molar-refractivity contribution in [3.05, 3.63) is 36.5 Å². The highest BCUT2D eigenvalue weighted by molar-refractivity contribution is 7.85. The molecule has 13 heteroatoms. The van der Waals surface area contributed by atoms with Crippen LogP contribution in [0.25, 0.3) is 0 Å². The molecule has 0 bridgehead atoms. The second-order valence-electron chi connectivity index (χ2n) is 15.0. The van der Waals surface area contributed by atoms with E-state index in [0.717, 1.165) is 64.2 Å². The van der Waals surface area contributed by atoms with Crippen molar-refractivity contribution < 1.29 is 56.8 Å². The monoisotopic (exact) mass is 817 g/mol. The predicted molar refractivity (Wildman–Crippen MR) is 219 cm³/mol. The van der Waals surface area contributed by atoms with Crippen LogP contribution >= 0.6 is 0 Å².